The number of hydrogen-bond donors (Lipinski definition) is 4. The van der Waals surface area contributed by atoms with Crippen molar-refractivity contribution in [2.45, 2.75) is 64.1 Å². The summed E-state index contributed by atoms with van der Waals surface area (Å²) in [7, 11) is 1.71. The van der Waals surface area contributed by atoms with Crippen molar-refractivity contribution in [3.05, 3.63) is 36.0 Å². The molecule has 35 heavy (non-hydrogen) atoms. The molecule has 188 valence electrons. The lowest BCUT2D eigenvalue weighted by molar-refractivity contribution is -0.124. The maximum Gasteiger partial charge on any atom is 0.270 e. The predicted molar refractivity (Wildman–Crippen MR) is 137 cm³/mol. The Morgan fingerprint density at radius 1 is 1.17 bits per heavy atom. The minimum Gasteiger partial charge on any atom is -0.405 e. The second-order valence-electron chi connectivity index (χ2n) is 10.2. The van der Waals surface area contributed by atoms with Gasteiger partial charge in [-0.3, -0.25) is 19.4 Å². The molecule has 0 spiro atoms. The molecule has 9 nitrogen and oxygen atoms in total. The molecule has 6 N–H and O–H groups in total. The van der Waals surface area contributed by atoms with Crippen LogP contribution in [-0.4, -0.2) is 42.6 Å². The standard InChI is InChI=1S/C26H36N6O3/c1-14(2)29-20(10-11-27)25(34)31-24(23(15-4-5-15)16-6-7-16)26(35)30-17-8-9-18-19(28)13-22(33)32(3)21(18)12-17/h8-12,14-16,19,23-24H,4-7,13,27-28H2,1-3H3,(H,30,35)(H,31,34)/b11-10-,29-20?. The Bertz CT molecular complexity index is 1050. The number of hydrogen-bond acceptors (Lipinski definition) is 6. The van der Waals surface area contributed by atoms with Crippen LogP contribution in [0.3, 0.4) is 0 Å². The number of amides is 3. The molecule has 1 aromatic rings. The second kappa shape index (κ2) is 10.2. The highest BCUT2D eigenvalue weighted by atomic mass is 16.2. The number of benzene rings is 1. The fourth-order valence-electron chi connectivity index (χ4n) is 5.00. The first kappa shape index (κ1) is 24.9. The summed E-state index contributed by atoms with van der Waals surface area (Å²) >= 11 is 0. The fraction of sp³-hybridized carbons (Fsp3) is 0.538. The SMILES string of the molecule is CC(C)N=C(/C=C\N)C(=O)NC(C(=O)Nc1ccc2c(c1)N(C)C(=O)CC2N)C(C1CC1)C1CC1. The van der Waals surface area contributed by atoms with Crippen LogP contribution in [0.4, 0.5) is 11.4 Å². The molecule has 3 amide bonds. The molecule has 3 aliphatic rings. The monoisotopic (exact) mass is 480 g/mol. The van der Waals surface area contributed by atoms with Crippen molar-refractivity contribution in [1.29, 1.82) is 0 Å². The molecule has 0 saturated heterocycles. The Labute approximate surface area is 206 Å². The average Bonchev–Trinajstić information content (AvgIpc) is 3.71. The maximum absolute atomic E-state index is 13.6. The number of nitrogens with one attached hydrogen (secondary N) is 2. The summed E-state index contributed by atoms with van der Waals surface area (Å²) < 4.78 is 0. The molecule has 1 aromatic carbocycles. The van der Waals surface area contributed by atoms with Gasteiger partial charge in [0.05, 0.1) is 5.69 Å². The average molecular weight is 481 g/mol. The third-order valence-electron chi connectivity index (χ3n) is 7.00. The van der Waals surface area contributed by atoms with Gasteiger partial charge in [-0.2, -0.15) is 0 Å². The molecule has 9 heteroatoms. The van der Waals surface area contributed by atoms with E-state index in [1.165, 1.54) is 12.3 Å². The molecule has 0 radical (unpaired) electrons. The maximum atomic E-state index is 13.6. The zero-order valence-corrected chi connectivity index (χ0v) is 20.7. The van der Waals surface area contributed by atoms with Crippen molar-refractivity contribution in [2.24, 2.45) is 34.2 Å². The molecule has 2 saturated carbocycles. The summed E-state index contributed by atoms with van der Waals surface area (Å²) in [4.78, 5) is 45.0. The number of nitrogens with zero attached hydrogens (tertiary/aromatic N) is 2. The van der Waals surface area contributed by atoms with Gasteiger partial charge in [0.25, 0.3) is 5.91 Å². The van der Waals surface area contributed by atoms with E-state index in [0.29, 0.717) is 23.2 Å². The molecular weight excluding hydrogens is 444 g/mol. The zero-order chi connectivity index (χ0) is 25.3. The highest BCUT2D eigenvalue weighted by molar-refractivity contribution is 6.43. The molecule has 0 aromatic heterocycles. The van der Waals surface area contributed by atoms with E-state index in [2.05, 4.69) is 15.6 Å². The van der Waals surface area contributed by atoms with Gasteiger partial charge < -0.3 is 27.0 Å². The molecule has 2 fully saturated rings. The first-order chi connectivity index (χ1) is 16.7. The molecular formula is C26H36N6O3. The number of anilines is 2. The third-order valence-corrected chi connectivity index (χ3v) is 7.00. The quantitative estimate of drug-likeness (QED) is 0.401. The lowest BCUT2D eigenvalue weighted by atomic mass is 9.88. The Morgan fingerprint density at radius 2 is 1.83 bits per heavy atom. The van der Waals surface area contributed by atoms with E-state index in [1.54, 1.807) is 24.1 Å². The van der Waals surface area contributed by atoms with Gasteiger partial charge in [0.2, 0.25) is 11.8 Å². The van der Waals surface area contributed by atoms with Crippen LogP contribution >= 0.6 is 0 Å². The largest absolute Gasteiger partial charge is 0.405 e. The minimum atomic E-state index is -0.691. The predicted octanol–water partition coefficient (Wildman–Crippen LogP) is 2.23. The number of carbonyl (C=O) groups is 3. The van der Waals surface area contributed by atoms with E-state index in [1.807, 2.05) is 19.9 Å². The van der Waals surface area contributed by atoms with Gasteiger partial charge in [-0.25, -0.2) is 0 Å². The fourth-order valence-corrected chi connectivity index (χ4v) is 5.00. The summed E-state index contributed by atoms with van der Waals surface area (Å²) in [5.41, 5.74) is 14.0. The van der Waals surface area contributed by atoms with Crippen molar-refractivity contribution in [2.75, 3.05) is 17.3 Å². The number of aliphatic imine (C=N–C) groups is 1. The topological polar surface area (TPSA) is 143 Å². The molecule has 4 rings (SSSR count). The number of carbonyl (C=O) groups excluding carboxylic acids is 3. The van der Waals surface area contributed by atoms with Crippen LogP contribution in [0.25, 0.3) is 0 Å². The van der Waals surface area contributed by atoms with Gasteiger partial charge >= 0.3 is 0 Å². The van der Waals surface area contributed by atoms with Gasteiger partial charge in [-0.1, -0.05) is 6.07 Å². The van der Waals surface area contributed by atoms with E-state index in [9.17, 15) is 14.4 Å². The van der Waals surface area contributed by atoms with E-state index in [4.69, 9.17) is 11.5 Å². The van der Waals surface area contributed by atoms with Crippen LogP contribution in [0, 0.1) is 17.8 Å². The normalized spacial score (nSPS) is 21.4. The third kappa shape index (κ3) is 5.73. The van der Waals surface area contributed by atoms with Crippen LogP contribution in [0.2, 0.25) is 0 Å². The number of rotatable bonds is 9. The van der Waals surface area contributed by atoms with E-state index in [-0.39, 0.29) is 41.9 Å². The molecule has 0 bridgehead atoms. The van der Waals surface area contributed by atoms with E-state index >= 15 is 0 Å². The van der Waals surface area contributed by atoms with Gasteiger partial charge in [0, 0.05) is 31.2 Å². The van der Waals surface area contributed by atoms with Gasteiger partial charge in [-0.15, -0.1) is 0 Å². The molecule has 2 atom stereocenters. The summed E-state index contributed by atoms with van der Waals surface area (Å²) in [6.07, 6.45) is 7.28. The Kier molecular flexibility index (Phi) is 7.25. The van der Waals surface area contributed by atoms with Crippen LogP contribution < -0.4 is 27.0 Å². The summed E-state index contributed by atoms with van der Waals surface area (Å²) in [5, 5.41) is 5.97. The lowest BCUT2D eigenvalue weighted by Gasteiger charge is -2.31. The summed E-state index contributed by atoms with van der Waals surface area (Å²) in [6.45, 7) is 3.76. The smallest absolute Gasteiger partial charge is 0.270 e. The molecule has 1 aliphatic heterocycles. The molecule has 2 aliphatic carbocycles. The van der Waals surface area contributed by atoms with Crippen molar-refractivity contribution in [3.8, 4) is 0 Å². The van der Waals surface area contributed by atoms with Crippen LogP contribution in [0.5, 0.6) is 0 Å². The first-order valence-corrected chi connectivity index (χ1v) is 12.4. The van der Waals surface area contributed by atoms with Crippen LogP contribution in [-0.2, 0) is 14.4 Å². The van der Waals surface area contributed by atoms with Gasteiger partial charge in [0.15, 0.2) is 0 Å². The van der Waals surface area contributed by atoms with Crippen LogP contribution in [0.1, 0.15) is 57.6 Å². The van der Waals surface area contributed by atoms with Crippen LogP contribution in [0.15, 0.2) is 35.5 Å². The Balaban J connectivity index is 1.59. The lowest BCUT2D eigenvalue weighted by Crippen LogP contribution is -2.51. The second-order valence-corrected chi connectivity index (χ2v) is 10.2. The van der Waals surface area contributed by atoms with E-state index in [0.717, 1.165) is 31.2 Å². The van der Waals surface area contributed by atoms with Gasteiger partial charge in [-0.05, 0) is 87.3 Å². The Hall–Kier alpha value is -3.20. The van der Waals surface area contributed by atoms with E-state index < -0.39 is 11.9 Å². The number of fused-ring (bicyclic) bond motifs is 1. The van der Waals surface area contributed by atoms with Crippen molar-refractivity contribution < 1.29 is 14.4 Å². The highest BCUT2D eigenvalue weighted by Gasteiger charge is 2.48. The highest BCUT2D eigenvalue weighted by Crippen LogP contribution is 2.51. The zero-order valence-electron chi connectivity index (χ0n) is 20.7. The molecule has 1 heterocycles. The first-order valence-electron chi connectivity index (χ1n) is 12.4. The summed E-state index contributed by atoms with van der Waals surface area (Å²) in [5.74, 6) is 0.201. The summed E-state index contributed by atoms with van der Waals surface area (Å²) in [6, 6.07) is 4.27. The minimum absolute atomic E-state index is 0.0638. The Morgan fingerprint density at radius 3 is 2.40 bits per heavy atom. The number of nitrogens with two attached hydrogens (primary N) is 2. The van der Waals surface area contributed by atoms with Crippen molar-refractivity contribution in [1.82, 2.24) is 5.32 Å². The molecule has 2 unspecified atom stereocenters. The van der Waals surface area contributed by atoms with Crippen molar-refractivity contribution >= 4 is 34.8 Å². The van der Waals surface area contributed by atoms with Gasteiger partial charge in [0.1, 0.15) is 11.8 Å². The van der Waals surface area contributed by atoms with Crippen molar-refractivity contribution in [3.63, 3.8) is 0 Å².